The van der Waals surface area contributed by atoms with Crippen LogP contribution in [0.15, 0.2) is 28.7 Å². The van der Waals surface area contributed by atoms with Gasteiger partial charge in [-0.1, -0.05) is 12.1 Å². The first-order valence-corrected chi connectivity index (χ1v) is 7.31. The van der Waals surface area contributed by atoms with Crippen molar-refractivity contribution in [2.24, 2.45) is 0 Å². The molecule has 1 N–H and O–H groups in total. The van der Waals surface area contributed by atoms with E-state index in [1.54, 1.807) is 30.0 Å². The van der Waals surface area contributed by atoms with E-state index in [9.17, 15) is 9.59 Å². The first kappa shape index (κ1) is 15.0. The Morgan fingerprint density at radius 1 is 1.30 bits per heavy atom. The molecule has 0 spiro atoms. The summed E-state index contributed by atoms with van der Waals surface area (Å²) in [6, 6.07) is 6.58. The van der Waals surface area contributed by atoms with Crippen molar-refractivity contribution in [3.8, 4) is 0 Å². The molecular weight excluding hydrogens is 324 g/mol. The summed E-state index contributed by atoms with van der Waals surface area (Å²) in [6.45, 7) is 3.96. The quantitative estimate of drug-likeness (QED) is 0.905. The average molecular weight is 341 g/mol. The molecule has 1 aromatic rings. The highest BCUT2D eigenvalue weighted by atomic mass is 79.9. The Balaban J connectivity index is 1.97. The van der Waals surface area contributed by atoms with Crippen LogP contribution in [0, 0.1) is 0 Å². The first-order valence-electron chi connectivity index (χ1n) is 6.51. The van der Waals surface area contributed by atoms with Gasteiger partial charge in [-0.2, -0.15) is 0 Å². The van der Waals surface area contributed by atoms with Gasteiger partial charge in [-0.25, -0.2) is 0 Å². The minimum Gasteiger partial charge on any atom is -0.378 e. The van der Waals surface area contributed by atoms with E-state index in [0.717, 1.165) is 0 Å². The number of nitrogens with zero attached hydrogens (tertiary/aromatic N) is 1. The van der Waals surface area contributed by atoms with Gasteiger partial charge >= 0.3 is 0 Å². The molecule has 0 radical (unpaired) electrons. The Kier molecular flexibility index (Phi) is 5.14. The maximum absolute atomic E-state index is 12.2. The smallest absolute Gasteiger partial charge is 0.253 e. The van der Waals surface area contributed by atoms with Crippen LogP contribution < -0.4 is 5.32 Å². The van der Waals surface area contributed by atoms with Crippen LogP contribution in [0.3, 0.4) is 0 Å². The Bertz CT molecular complexity index is 501. The summed E-state index contributed by atoms with van der Waals surface area (Å²) >= 11 is 3.33. The van der Waals surface area contributed by atoms with E-state index in [0.29, 0.717) is 36.3 Å². The normalized spacial score (nSPS) is 16.6. The number of hydrogen-bond donors (Lipinski definition) is 1. The lowest BCUT2D eigenvalue weighted by Gasteiger charge is -2.29. The molecule has 1 atom stereocenters. The minimum absolute atomic E-state index is 0.0753. The fraction of sp³-hybridized carbons (Fsp3) is 0.429. The second-order valence-electron chi connectivity index (χ2n) is 4.61. The van der Waals surface area contributed by atoms with Crippen LogP contribution in [-0.4, -0.2) is 49.1 Å². The highest BCUT2D eigenvalue weighted by molar-refractivity contribution is 9.10. The molecule has 1 fully saturated rings. The van der Waals surface area contributed by atoms with Gasteiger partial charge in [0.25, 0.3) is 5.91 Å². The van der Waals surface area contributed by atoms with Crippen molar-refractivity contribution in [1.82, 2.24) is 10.2 Å². The van der Waals surface area contributed by atoms with Crippen molar-refractivity contribution in [2.75, 3.05) is 26.3 Å². The lowest BCUT2D eigenvalue weighted by Crippen LogP contribution is -2.50. The predicted molar refractivity (Wildman–Crippen MR) is 78.5 cm³/mol. The highest BCUT2D eigenvalue weighted by Crippen LogP contribution is 2.15. The molecule has 6 heteroatoms. The fourth-order valence-electron chi connectivity index (χ4n) is 2.04. The molecule has 1 heterocycles. The van der Waals surface area contributed by atoms with Crippen LogP contribution in [0.5, 0.6) is 0 Å². The van der Waals surface area contributed by atoms with E-state index in [4.69, 9.17) is 4.74 Å². The number of morpholine rings is 1. The number of benzene rings is 1. The molecule has 2 amide bonds. The molecule has 0 unspecified atom stereocenters. The van der Waals surface area contributed by atoms with Gasteiger partial charge in [-0.15, -0.1) is 0 Å². The van der Waals surface area contributed by atoms with Gasteiger partial charge in [-0.05, 0) is 35.0 Å². The molecular formula is C14H17BrN2O3. The summed E-state index contributed by atoms with van der Waals surface area (Å²) in [5, 5.41) is 2.73. The summed E-state index contributed by atoms with van der Waals surface area (Å²) in [4.78, 5) is 26.0. The molecule has 0 aromatic heterocycles. The van der Waals surface area contributed by atoms with Crippen molar-refractivity contribution >= 4 is 27.7 Å². The third-order valence-corrected chi connectivity index (χ3v) is 3.85. The largest absolute Gasteiger partial charge is 0.378 e. The maximum atomic E-state index is 12.2. The minimum atomic E-state index is -0.548. The topological polar surface area (TPSA) is 58.6 Å². The van der Waals surface area contributed by atoms with Gasteiger partial charge in [0.2, 0.25) is 5.91 Å². The van der Waals surface area contributed by atoms with E-state index < -0.39 is 6.04 Å². The van der Waals surface area contributed by atoms with Gasteiger partial charge < -0.3 is 15.0 Å². The van der Waals surface area contributed by atoms with Crippen molar-refractivity contribution < 1.29 is 14.3 Å². The third kappa shape index (κ3) is 3.58. The Hall–Kier alpha value is -1.40. The van der Waals surface area contributed by atoms with E-state index in [-0.39, 0.29) is 11.8 Å². The molecule has 108 valence electrons. The maximum Gasteiger partial charge on any atom is 0.253 e. The molecule has 0 saturated carbocycles. The SMILES string of the molecule is C[C@H](NC(=O)c1ccccc1Br)C(=O)N1CCOCC1. The molecule has 1 saturated heterocycles. The molecule has 5 nitrogen and oxygen atoms in total. The number of rotatable bonds is 3. The van der Waals surface area contributed by atoms with Crippen molar-refractivity contribution in [1.29, 1.82) is 0 Å². The molecule has 20 heavy (non-hydrogen) atoms. The zero-order chi connectivity index (χ0) is 14.5. The van der Waals surface area contributed by atoms with Crippen LogP contribution >= 0.6 is 15.9 Å². The second kappa shape index (κ2) is 6.85. The number of carbonyl (C=O) groups is 2. The first-order chi connectivity index (χ1) is 9.59. The molecule has 1 aliphatic rings. The van der Waals surface area contributed by atoms with Gasteiger partial charge in [0, 0.05) is 17.6 Å². The molecule has 0 bridgehead atoms. The third-order valence-electron chi connectivity index (χ3n) is 3.16. The summed E-state index contributed by atoms with van der Waals surface area (Å²) in [5.74, 6) is -0.333. The monoisotopic (exact) mass is 340 g/mol. The van der Waals surface area contributed by atoms with Gasteiger partial charge in [0.05, 0.1) is 18.8 Å². The van der Waals surface area contributed by atoms with E-state index in [1.165, 1.54) is 0 Å². The predicted octanol–water partition coefficient (Wildman–Crippen LogP) is 1.43. The molecule has 0 aliphatic carbocycles. The second-order valence-corrected chi connectivity index (χ2v) is 5.47. The molecule has 1 aromatic carbocycles. The summed E-state index contributed by atoms with van der Waals surface area (Å²) in [6.07, 6.45) is 0. The lowest BCUT2D eigenvalue weighted by atomic mass is 10.2. The molecule has 1 aliphatic heterocycles. The standard InChI is InChI=1S/C14H17BrN2O3/c1-10(14(19)17-6-8-20-9-7-17)16-13(18)11-4-2-3-5-12(11)15/h2-5,10H,6-9H2,1H3,(H,16,18)/t10-/m0/s1. The summed E-state index contributed by atoms with van der Waals surface area (Å²) in [7, 11) is 0. The summed E-state index contributed by atoms with van der Waals surface area (Å²) in [5.41, 5.74) is 0.522. The Morgan fingerprint density at radius 3 is 2.60 bits per heavy atom. The zero-order valence-electron chi connectivity index (χ0n) is 11.3. The van der Waals surface area contributed by atoms with Gasteiger partial charge in [0.1, 0.15) is 6.04 Å². The van der Waals surface area contributed by atoms with Crippen molar-refractivity contribution in [2.45, 2.75) is 13.0 Å². The van der Waals surface area contributed by atoms with Crippen LogP contribution in [0.4, 0.5) is 0 Å². The van der Waals surface area contributed by atoms with Crippen LogP contribution in [0.2, 0.25) is 0 Å². The average Bonchev–Trinajstić information content (AvgIpc) is 2.47. The van der Waals surface area contributed by atoms with Crippen molar-refractivity contribution in [3.63, 3.8) is 0 Å². The van der Waals surface area contributed by atoms with Crippen LogP contribution in [0.1, 0.15) is 17.3 Å². The number of ether oxygens (including phenoxy) is 1. The summed E-state index contributed by atoms with van der Waals surface area (Å²) < 4.78 is 5.92. The van der Waals surface area contributed by atoms with Crippen molar-refractivity contribution in [3.05, 3.63) is 34.3 Å². The Labute approximate surface area is 126 Å². The fourth-order valence-corrected chi connectivity index (χ4v) is 2.50. The van der Waals surface area contributed by atoms with Gasteiger partial charge in [0.15, 0.2) is 0 Å². The van der Waals surface area contributed by atoms with E-state index in [1.807, 2.05) is 6.07 Å². The number of nitrogens with one attached hydrogen (secondary N) is 1. The number of halogens is 1. The number of amides is 2. The van der Waals surface area contributed by atoms with Crippen LogP contribution in [0.25, 0.3) is 0 Å². The Morgan fingerprint density at radius 2 is 1.95 bits per heavy atom. The zero-order valence-corrected chi connectivity index (χ0v) is 12.9. The van der Waals surface area contributed by atoms with E-state index in [2.05, 4.69) is 21.2 Å². The highest BCUT2D eigenvalue weighted by Gasteiger charge is 2.24. The number of carbonyl (C=O) groups excluding carboxylic acids is 2. The van der Waals surface area contributed by atoms with E-state index >= 15 is 0 Å². The molecule has 2 rings (SSSR count). The number of hydrogen-bond acceptors (Lipinski definition) is 3. The van der Waals surface area contributed by atoms with Gasteiger partial charge in [-0.3, -0.25) is 9.59 Å². The lowest BCUT2D eigenvalue weighted by molar-refractivity contribution is -0.136. The van der Waals surface area contributed by atoms with Crippen LogP contribution in [-0.2, 0) is 9.53 Å².